The lowest BCUT2D eigenvalue weighted by atomic mass is 9.99. The number of hydrogen-bond donors (Lipinski definition) is 1. The van der Waals surface area contributed by atoms with Gasteiger partial charge in [-0.1, -0.05) is 18.2 Å². The molecule has 2 rings (SSSR count). The van der Waals surface area contributed by atoms with Crippen LogP contribution in [0.15, 0.2) is 18.2 Å². The molecular formula is C16H24N2O2. The number of likely N-dealkylation sites (N-methyl/N-ethyl adjacent to an activating group) is 1. The standard InChI is InChI=1S/C16H24N2O2/c1-12-4-5-14(10-13(12)2)11-15(16(19)20)18-8-6-17(3)7-9-18/h4-5,10,15H,6-9,11H2,1-3H3,(H,19,20)/t15-/m0/s1. The van der Waals surface area contributed by atoms with E-state index in [0.29, 0.717) is 6.42 Å². The molecule has 0 amide bonds. The van der Waals surface area contributed by atoms with Crippen LogP contribution in [0, 0.1) is 13.8 Å². The Morgan fingerprint density at radius 3 is 2.40 bits per heavy atom. The van der Waals surface area contributed by atoms with E-state index in [2.05, 4.69) is 42.8 Å². The molecule has 0 saturated carbocycles. The van der Waals surface area contributed by atoms with Crippen LogP contribution < -0.4 is 0 Å². The first-order chi connectivity index (χ1) is 9.47. The predicted octanol–water partition coefficient (Wildman–Crippen LogP) is 1.55. The van der Waals surface area contributed by atoms with Crippen molar-refractivity contribution < 1.29 is 9.90 Å². The van der Waals surface area contributed by atoms with Crippen molar-refractivity contribution in [2.45, 2.75) is 26.3 Å². The summed E-state index contributed by atoms with van der Waals surface area (Å²) in [4.78, 5) is 15.9. The molecule has 0 radical (unpaired) electrons. The highest BCUT2D eigenvalue weighted by molar-refractivity contribution is 5.74. The van der Waals surface area contributed by atoms with Crippen molar-refractivity contribution in [1.82, 2.24) is 9.80 Å². The topological polar surface area (TPSA) is 43.8 Å². The Labute approximate surface area is 121 Å². The maximum atomic E-state index is 11.6. The second kappa shape index (κ2) is 6.37. The number of aliphatic carboxylic acids is 1. The molecule has 0 unspecified atom stereocenters. The number of rotatable bonds is 4. The van der Waals surface area contributed by atoms with Gasteiger partial charge < -0.3 is 10.0 Å². The zero-order chi connectivity index (χ0) is 14.7. The number of aryl methyl sites for hydroxylation is 2. The molecule has 20 heavy (non-hydrogen) atoms. The number of piperazine rings is 1. The molecular weight excluding hydrogens is 252 g/mol. The Hall–Kier alpha value is -1.39. The lowest BCUT2D eigenvalue weighted by molar-refractivity contribution is -0.144. The maximum absolute atomic E-state index is 11.6. The summed E-state index contributed by atoms with van der Waals surface area (Å²) < 4.78 is 0. The third kappa shape index (κ3) is 3.58. The number of carbonyl (C=O) groups is 1. The van der Waals surface area contributed by atoms with Crippen molar-refractivity contribution in [3.8, 4) is 0 Å². The van der Waals surface area contributed by atoms with Crippen LogP contribution in [0.2, 0.25) is 0 Å². The van der Waals surface area contributed by atoms with Crippen molar-refractivity contribution in [1.29, 1.82) is 0 Å². The molecule has 4 nitrogen and oxygen atoms in total. The van der Waals surface area contributed by atoms with Crippen molar-refractivity contribution >= 4 is 5.97 Å². The molecule has 1 atom stereocenters. The summed E-state index contributed by atoms with van der Waals surface area (Å²) in [6.07, 6.45) is 0.583. The Morgan fingerprint density at radius 1 is 1.20 bits per heavy atom. The molecule has 0 bridgehead atoms. The van der Waals surface area contributed by atoms with E-state index in [1.807, 2.05) is 6.07 Å². The third-order valence-electron chi connectivity index (χ3n) is 4.26. The second-order valence-corrected chi connectivity index (χ2v) is 5.82. The van der Waals surface area contributed by atoms with Crippen LogP contribution in [-0.2, 0) is 11.2 Å². The molecule has 1 aliphatic heterocycles. The number of carboxylic acid groups (broad SMARTS) is 1. The minimum absolute atomic E-state index is 0.411. The molecule has 1 fully saturated rings. The van der Waals surface area contributed by atoms with Crippen LogP contribution in [-0.4, -0.2) is 60.1 Å². The first kappa shape index (κ1) is 15.0. The lowest BCUT2D eigenvalue weighted by Gasteiger charge is -2.36. The largest absolute Gasteiger partial charge is 0.480 e. The lowest BCUT2D eigenvalue weighted by Crippen LogP contribution is -2.52. The van der Waals surface area contributed by atoms with Gasteiger partial charge >= 0.3 is 5.97 Å². The Bertz CT molecular complexity index is 479. The van der Waals surface area contributed by atoms with E-state index in [1.54, 1.807) is 0 Å². The molecule has 0 aromatic heterocycles. The molecule has 1 aromatic rings. The molecule has 1 aliphatic rings. The first-order valence-electron chi connectivity index (χ1n) is 7.19. The summed E-state index contributed by atoms with van der Waals surface area (Å²) in [6.45, 7) is 7.70. The van der Waals surface area contributed by atoms with Gasteiger partial charge in [-0.15, -0.1) is 0 Å². The van der Waals surface area contributed by atoms with Crippen LogP contribution in [0.25, 0.3) is 0 Å². The number of hydrogen-bond acceptors (Lipinski definition) is 3. The van der Waals surface area contributed by atoms with Crippen LogP contribution in [0.3, 0.4) is 0 Å². The normalized spacial score (nSPS) is 18.9. The summed E-state index contributed by atoms with van der Waals surface area (Å²) in [5.74, 6) is -0.715. The van der Waals surface area contributed by atoms with Gasteiger partial charge in [0.1, 0.15) is 6.04 Å². The third-order valence-corrected chi connectivity index (χ3v) is 4.26. The Balaban J connectivity index is 2.09. The van der Waals surface area contributed by atoms with Gasteiger partial charge in [-0.25, -0.2) is 0 Å². The number of benzene rings is 1. The smallest absolute Gasteiger partial charge is 0.321 e. The van der Waals surface area contributed by atoms with E-state index in [-0.39, 0.29) is 0 Å². The van der Waals surface area contributed by atoms with Gasteiger partial charge in [0.25, 0.3) is 0 Å². The van der Waals surface area contributed by atoms with Crippen LogP contribution >= 0.6 is 0 Å². The van der Waals surface area contributed by atoms with Crippen molar-refractivity contribution in [3.63, 3.8) is 0 Å². The summed E-state index contributed by atoms with van der Waals surface area (Å²) in [5.41, 5.74) is 3.59. The molecule has 0 spiro atoms. The fourth-order valence-electron chi connectivity index (χ4n) is 2.66. The summed E-state index contributed by atoms with van der Waals surface area (Å²) in [7, 11) is 2.08. The summed E-state index contributed by atoms with van der Waals surface area (Å²) in [6, 6.07) is 5.83. The highest BCUT2D eigenvalue weighted by Crippen LogP contribution is 2.15. The van der Waals surface area contributed by atoms with Gasteiger partial charge in [-0.3, -0.25) is 9.69 Å². The average Bonchev–Trinajstić information content (AvgIpc) is 2.41. The fraction of sp³-hybridized carbons (Fsp3) is 0.562. The summed E-state index contributed by atoms with van der Waals surface area (Å²) >= 11 is 0. The van der Waals surface area contributed by atoms with Gasteiger partial charge in [0.05, 0.1) is 0 Å². The zero-order valence-corrected chi connectivity index (χ0v) is 12.6. The highest BCUT2D eigenvalue weighted by Gasteiger charge is 2.28. The van der Waals surface area contributed by atoms with Crippen molar-refractivity contribution in [2.24, 2.45) is 0 Å². The highest BCUT2D eigenvalue weighted by atomic mass is 16.4. The van der Waals surface area contributed by atoms with Gasteiger partial charge in [0.15, 0.2) is 0 Å². The Kier molecular flexibility index (Phi) is 4.78. The average molecular weight is 276 g/mol. The van der Waals surface area contributed by atoms with Crippen LogP contribution in [0.5, 0.6) is 0 Å². The molecule has 1 heterocycles. The van der Waals surface area contributed by atoms with E-state index in [0.717, 1.165) is 31.7 Å². The monoisotopic (exact) mass is 276 g/mol. The second-order valence-electron chi connectivity index (χ2n) is 5.82. The van der Waals surface area contributed by atoms with E-state index in [4.69, 9.17) is 0 Å². The van der Waals surface area contributed by atoms with Gasteiger partial charge in [-0.2, -0.15) is 0 Å². The van der Waals surface area contributed by atoms with Crippen molar-refractivity contribution in [2.75, 3.05) is 33.2 Å². The summed E-state index contributed by atoms with van der Waals surface area (Å²) in [5, 5.41) is 9.52. The molecule has 4 heteroatoms. The quantitative estimate of drug-likeness (QED) is 0.906. The Morgan fingerprint density at radius 2 is 1.85 bits per heavy atom. The van der Waals surface area contributed by atoms with E-state index in [1.165, 1.54) is 11.1 Å². The van der Waals surface area contributed by atoms with E-state index < -0.39 is 12.0 Å². The number of nitrogens with zero attached hydrogens (tertiary/aromatic N) is 2. The first-order valence-corrected chi connectivity index (χ1v) is 7.19. The van der Waals surface area contributed by atoms with E-state index in [9.17, 15) is 9.90 Å². The molecule has 1 N–H and O–H groups in total. The minimum atomic E-state index is -0.715. The van der Waals surface area contributed by atoms with Gasteiger partial charge in [0.2, 0.25) is 0 Å². The maximum Gasteiger partial charge on any atom is 0.321 e. The SMILES string of the molecule is Cc1ccc(C[C@@H](C(=O)O)N2CCN(C)CC2)cc1C. The molecule has 0 aliphatic carbocycles. The molecule has 1 aromatic carbocycles. The van der Waals surface area contributed by atoms with Gasteiger partial charge in [0, 0.05) is 26.2 Å². The van der Waals surface area contributed by atoms with Crippen LogP contribution in [0.4, 0.5) is 0 Å². The van der Waals surface area contributed by atoms with E-state index >= 15 is 0 Å². The molecule has 110 valence electrons. The van der Waals surface area contributed by atoms with Gasteiger partial charge in [-0.05, 0) is 44.0 Å². The predicted molar refractivity (Wildman–Crippen MR) is 80.1 cm³/mol. The van der Waals surface area contributed by atoms with Crippen molar-refractivity contribution in [3.05, 3.63) is 34.9 Å². The minimum Gasteiger partial charge on any atom is -0.480 e. The molecule has 1 saturated heterocycles. The van der Waals surface area contributed by atoms with Crippen LogP contribution in [0.1, 0.15) is 16.7 Å². The fourth-order valence-corrected chi connectivity index (χ4v) is 2.66. The zero-order valence-electron chi connectivity index (χ0n) is 12.6. The number of carboxylic acids is 1.